The molecule has 0 atom stereocenters. The summed E-state index contributed by atoms with van der Waals surface area (Å²) in [4.78, 5) is 22.3. The summed E-state index contributed by atoms with van der Waals surface area (Å²) in [6.07, 6.45) is 0. The Morgan fingerprint density at radius 2 is 0.389 bits per heavy atom. The topological polar surface area (TPSA) is 113 Å². The average molecular weight is 1830 g/mol. The van der Waals surface area contributed by atoms with Gasteiger partial charge in [-0.25, -0.2) is 29.1 Å². The molecular weight excluding hydrogens is 1760 g/mol. The van der Waals surface area contributed by atoms with Crippen LogP contribution in [-0.2, 0) is 0 Å². The summed E-state index contributed by atoms with van der Waals surface area (Å²) in [7, 11) is 0. The number of nitriles is 2. The molecule has 0 saturated carbocycles. The molecule has 20 aromatic carbocycles. The van der Waals surface area contributed by atoms with E-state index in [2.05, 4.69) is 345 Å². The van der Waals surface area contributed by atoms with Crippen LogP contribution in [0.15, 0.2) is 437 Å². The number of hydrogen-bond donors (Lipinski definition) is 0. The molecule has 16 heteroatoms. The molecule has 0 amide bonds. The van der Waals surface area contributed by atoms with Gasteiger partial charge in [0.15, 0.2) is 28.4 Å². The van der Waals surface area contributed by atoms with Gasteiger partial charge in [-0.15, -0.1) is 0 Å². The Morgan fingerprint density at radius 3 is 0.722 bits per heavy atom. The second kappa shape index (κ2) is 34.5. The molecule has 0 aliphatic carbocycles. The van der Waals surface area contributed by atoms with Crippen LogP contribution in [0.4, 0.5) is 34.1 Å². The van der Waals surface area contributed by atoms with Gasteiger partial charge in [-0.05, 0) is 234 Å². The van der Waals surface area contributed by atoms with Crippen molar-refractivity contribution >= 4 is 209 Å². The number of fused-ring (bicyclic) bond motifs is 24. The van der Waals surface area contributed by atoms with Gasteiger partial charge < -0.3 is 36.5 Å². The minimum Gasteiger partial charge on any atom is -0.319 e. The van der Waals surface area contributed by atoms with Gasteiger partial charge in [0.2, 0.25) is 5.69 Å². The van der Waals surface area contributed by atoms with Crippen molar-refractivity contribution in [3.63, 3.8) is 0 Å². The summed E-state index contributed by atoms with van der Waals surface area (Å²) in [5.41, 5.74) is 30.3. The van der Waals surface area contributed by atoms with Crippen LogP contribution in [-0.4, -0.2) is 36.5 Å². The van der Waals surface area contributed by atoms with Crippen LogP contribution in [0.3, 0.4) is 0 Å². The number of benzene rings is 20. The minimum absolute atomic E-state index is 0.591. The molecule has 8 aromatic heterocycles. The number of para-hydroxylation sites is 10. The molecule has 0 fully saturated rings. The molecule has 0 aliphatic rings. The van der Waals surface area contributed by atoms with E-state index < -0.39 is 0 Å². The first-order chi connectivity index (χ1) is 71.1. The Balaban J connectivity index is 0.000000101. The van der Waals surface area contributed by atoms with Gasteiger partial charge >= 0.3 is 0 Å². The zero-order valence-corrected chi connectivity index (χ0v) is 76.7. The summed E-state index contributed by atoms with van der Waals surface area (Å²) >= 11 is 0. The molecule has 0 saturated heterocycles. The van der Waals surface area contributed by atoms with Crippen molar-refractivity contribution in [1.29, 1.82) is 10.5 Å². The van der Waals surface area contributed by atoms with E-state index in [-0.39, 0.29) is 0 Å². The van der Waals surface area contributed by atoms with Crippen molar-refractivity contribution in [3.8, 4) is 57.6 Å². The first-order valence-corrected chi connectivity index (χ1v) is 46.8. The Kier molecular flexibility index (Phi) is 20.2. The molecule has 0 bridgehead atoms. The van der Waals surface area contributed by atoms with Crippen molar-refractivity contribution in [1.82, 2.24) is 36.5 Å². The van der Waals surface area contributed by atoms with E-state index in [9.17, 15) is 10.5 Å². The lowest BCUT2D eigenvalue weighted by atomic mass is 10.1. The smallest absolute Gasteiger partial charge is 0.210 e. The lowest BCUT2D eigenvalue weighted by molar-refractivity contribution is 1.17. The third-order valence-corrected chi connectivity index (χ3v) is 27.8. The van der Waals surface area contributed by atoms with E-state index in [1.807, 2.05) is 170 Å². The molecule has 0 aliphatic heterocycles. The highest BCUT2D eigenvalue weighted by Gasteiger charge is 2.27. The predicted octanol–water partition coefficient (Wildman–Crippen LogP) is 34.6. The Morgan fingerprint density at radius 1 is 0.160 bits per heavy atom. The van der Waals surface area contributed by atoms with Crippen LogP contribution in [0, 0.1) is 62.1 Å². The van der Waals surface area contributed by atoms with E-state index in [0.717, 1.165) is 188 Å². The van der Waals surface area contributed by atoms with Gasteiger partial charge in [0.05, 0.1) is 179 Å². The van der Waals surface area contributed by atoms with Crippen LogP contribution < -0.4 is 0 Å². The fourth-order valence-corrected chi connectivity index (χ4v) is 21.8. The zero-order valence-electron chi connectivity index (χ0n) is 76.7. The van der Waals surface area contributed by atoms with Gasteiger partial charge in [-0.1, -0.05) is 224 Å². The lowest BCUT2D eigenvalue weighted by Gasteiger charge is -2.12. The normalized spacial score (nSPS) is 11.3. The van der Waals surface area contributed by atoms with Gasteiger partial charge in [0.1, 0.15) is 0 Å². The number of nitrogens with zero attached hydrogens (tertiary/aromatic N) is 16. The van der Waals surface area contributed by atoms with Crippen molar-refractivity contribution in [3.05, 3.63) is 516 Å². The first-order valence-electron chi connectivity index (χ1n) is 46.8. The fraction of sp³-hybridized carbons (Fsp3) is 0. The Labute approximate surface area is 824 Å². The molecule has 16 nitrogen and oxygen atoms in total. The average Bonchev–Trinajstić information content (AvgIpc) is 1.57. The van der Waals surface area contributed by atoms with E-state index >= 15 is 0 Å². The summed E-state index contributed by atoms with van der Waals surface area (Å²) in [5, 5.41) is 36.6. The van der Waals surface area contributed by atoms with Crippen LogP contribution in [0.2, 0.25) is 0 Å². The summed E-state index contributed by atoms with van der Waals surface area (Å²) < 4.78 is 18.1. The fourth-order valence-electron chi connectivity index (χ4n) is 21.8. The van der Waals surface area contributed by atoms with Crippen LogP contribution in [0.5, 0.6) is 0 Å². The van der Waals surface area contributed by atoms with Gasteiger partial charge in [0, 0.05) is 81.7 Å². The Hall–Kier alpha value is -21.3. The second-order valence-corrected chi connectivity index (χ2v) is 35.3. The standard InChI is InChI=1S/4C32H18N4/c1-33-21-18-19-28-24(20-21)32-30(16-9-17-31(32)36(28)29-15-8-5-12-25(29)34-2)35-26-13-6-3-10-22(26)23-11-4-7-14-27(23)35;1-33-21-9-7-10-23(19-21)35-29-18-17-22(34-2)20-26(29)32-30(35)15-8-16-31(32)36-27-13-5-3-11-24(27)25-12-4-6-14-28(25)36;1-34-22-15-18-29-26(19-22)24-7-2-4-9-27(24)36(29)31-12-6-11-30-32(31)25-8-3-5-10-28(25)35(30)23-16-13-21(20-33)14-17-23;1-34-22-15-18-29-26(19-22)32-30(35(29)23-16-13-21(20-33)14-17-23)11-6-12-31(32)36-27-9-4-2-7-24(27)25-8-3-5-10-28(25)36/h2*3-20H;2*2-19H. The molecule has 0 unspecified atom stereocenters. The highest BCUT2D eigenvalue weighted by molar-refractivity contribution is 6.23. The SMILES string of the molecule is [C-]#[N+]c1ccc2c(c1)c1c(-n3c4ccccc4c4ccccc43)cccc1n2-c1ccc(C#N)cc1.[C-]#[N+]c1ccc2c(c1)c1c(-n3c4ccccc4c4ccccc43)cccc1n2-c1ccccc1[N+]#[C-].[C-]#[N+]c1ccc2c(c1)c1ccccc1n2-c1cccc2c1c1ccccc1n2-c1ccc(C#N)cc1.[C-]#[N+]c1cccc(-n2c3ccc([N+]#[C-])cc3c3c(-n4c5ccccc5c5ccccc54)cccc32)c1. The van der Waals surface area contributed by atoms with E-state index in [0.29, 0.717) is 45.3 Å². The predicted molar refractivity (Wildman–Crippen MR) is 587 cm³/mol. The summed E-state index contributed by atoms with van der Waals surface area (Å²) in [6, 6.07) is 152. The quantitative estimate of drug-likeness (QED) is 0.141. The van der Waals surface area contributed by atoms with E-state index in [4.69, 9.17) is 39.4 Å². The van der Waals surface area contributed by atoms with Gasteiger partial charge in [0.25, 0.3) is 0 Å². The van der Waals surface area contributed by atoms with Gasteiger partial charge in [-0.2, -0.15) is 10.5 Å². The number of aromatic nitrogens is 8. The molecule has 28 aromatic rings. The number of rotatable bonds is 8. The largest absolute Gasteiger partial charge is 0.319 e. The molecule has 0 radical (unpaired) electrons. The number of hydrogen-bond acceptors (Lipinski definition) is 2. The molecule has 8 heterocycles. The van der Waals surface area contributed by atoms with Crippen LogP contribution in [0.25, 0.3) is 249 Å². The molecule has 28 rings (SSSR count). The molecule has 0 spiro atoms. The molecule has 144 heavy (non-hydrogen) atoms. The molecule has 664 valence electrons. The maximum atomic E-state index is 9.29. The molecular formula is C128H72N16. The highest BCUT2D eigenvalue weighted by Crippen LogP contribution is 2.49. The van der Waals surface area contributed by atoms with E-state index in [1.165, 1.54) is 32.3 Å². The lowest BCUT2D eigenvalue weighted by Crippen LogP contribution is -1.96. The summed E-state index contributed by atoms with van der Waals surface area (Å²) in [5.74, 6) is 0. The monoisotopic (exact) mass is 1830 g/mol. The summed E-state index contributed by atoms with van der Waals surface area (Å²) in [6.45, 7) is 45.7. The van der Waals surface area contributed by atoms with Crippen molar-refractivity contribution in [2.75, 3.05) is 0 Å². The van der Waals surface area contributed by atoms with Crippen molar-refractivity contribution in [2.45, 2.75) is 0 Å². The van der Waals surface area contributed by atoms with Crippen molar-refractivity contribution in [2.24, 2.45) is 0 Å². The van der Waals surface area contributed by atoms with Crippen molar-refractivity contribution < 1.29 is 0 Å². The highest BCUT2D eigenvalue weighted by atomic mass is 15.1. The van der Waals surface area contributed by atoms with Crippen LogP contribution >= 0.6 is 0 Å². The second-order valence-electron chi connectivity index (χ2n) is 35.3. The third kappa shape index (κ3) is 13.4. The van der Waals surface area contributed by atoms with Gasteiger partial charge in [-0.3, -0.25) is 0 Å². The van der Waals surface area contributed by atoms with E-state index in [1.54, 1.807) is 0 Å². The first kappa shape index (κ1) is 84.5. The zero-order chi connectivity index (χ0) is 96.9. The third-order valence-electron chi connectivity index (χ3n) is 27.8. The van der Waals surface area contributed by atoms with Crippen LogP contribution in [0.1, 0.15) is 11.1 Å². The molecule has 0 N–H and O–H groups in total. The maximum Gasteiger partial charge on any atom is 0.210 e. The minimum atomic E-state index is 0.591. The Bertz CT molecular complexity index is 10500. The maximum absolute atomic E-state index is 9.29.